The Morgan fingerprint density at radius 1 is 1.14 bits per heavy atom. The van der Waals surface area contributed by atoms with Crippen LogP contribution in [0.2, 0.25) is 0 Å². The smallest absolute Gasteiger partial charge is 0.307 e. The van der Waals surface area contributed by atoms with Gasteiger partial charge in [-0.25, -0.2) is 0 Å². The summed E-state index contributed by atoms with van der Waals surface area (Å²) in [5.41, 5.74) is 7.27. The fourth-order valence-corrected chi connectivity index (χ4v) is 4.86. The van der Waals surface area contributed by atoms with Gasteiger partial charge < -0.3 is 14.9 Å². The van der Waals surface area contributed by atoms with E-state index < -0.39 is 11.6 Å². The van der Waals surface area contributed by atoms with Gasteiger partial charge in [0.25, 0.3) is 0 Å². The monoisotopic (exact) mass is 484 g/mol. The lowest BCUT2D eigenvalue weighted by atomic mass is 9.87. The first kappa shape index (κ1) is 24.2. The molecule has 36 heavy (non-hydrogen) atoms. The maximum absolute atomic E-state index is 11.8. The molecular weight excluding hydrogens is 452 g/mol. The Kier molecular flexibility index (Phi) is 6.17. The first-order chi connectivity index (χ1) is 17.1. The average Bonchev–Trinajstić information content (AvgIpc) is 3.65. The van der Waals surface area contributed by atoms with Gasteiger partial charge in [-0.2, -0.15) is 0 Å². The average molecular weight is 485 g/mol. The Balaban J connectivity index is 0.000000489. The number of carboxylic acid groups (broad SMARTS) is 1. The number of ether oxygens (including phenoxy) is 1. The van der Waals surface area contributed by atoms with E-state index in [4.69, 9.17) is 19.8 Å². The highest BCUT2D eigenvalue weighted by atomic mass is 16.5. The largest absolute Gasteiger partial charge is 0.493 e. The zero-order valence-corrected chi connectivity index (χ0v) is 21.3. The number of aromatic nitrogens is 2. The lowest BCUT2D eigenvalue weighted by Gasteiger charge is -2.21. The third-order valence-electron chi connectivity index (χ3n) is 6.51. The molecule has 1 aliphatic heterocycles. The number of carbonyl (C=O) groups is 1. The zero-order chi connectivity index (χ0) is 25.6. The molecule has 0 saturated heterocycles. The number of aryl methyl sites for hydroxylation is 1. The van der Waals surface area contributed by atoms with E-state index in [-0.39, 0.29) is 6.42 Å². The Labute approximate surface area is 211 Å². The molecule has 2 aliphatic rings. The second-order valence-corrected chi connectivity index (χ2v) is 10.8. The Morgan fingerprint density at radius 2 is 1.89 bits per heavy atom. The predicted octanol–water partition coefficient (Wildman–Crippen LogP) is 5.98. The molecule has 2 aromatic heterocycles. The van der Waals surface area contributed by atoms with Crippen molar-refractivity contribution in [3.63, 3.8) is 0 Å². The van der Waals surface area contributed by atoms with Gasteiger partial charge in [0, 0.05) is 40.6 Å². The molecule has 6 rings (SSSR count). The Morgan fingerprint density at radius 3 is 2.58 bits per heavy atom. The minimum Gasteiger partial charge on any atom is -0.493 e. The molecule has 2 aromatic carbocycles. The van der Waals surface area contributed by atoms with Gasteiger partial charge >= 0.3 is 5.97 Å². The van der Waals surface area contributed by atoms with E-state index in [1.807, 2.05) is 37.4 Å². The van der Waals surface area contributed by atoms with Crippen LogP contribution in [0.3, 0.4) is 0 Å². The summed E-state index contributed by atoms with van der Waals surface area (Å²) in [4.78, 5) is 21.4. The van der Waals surface area contributed by atoms with Crippen LogP contribution in [0.25, 0.3) is 32.9 Å². The van der Waals surface area contributed by atoms with Crippen LogP contribution in [0.4, 0.5) is 0 Å². The molecule has 6 nitrogen and oxygen atoms in total. The molecule has 0 atom stereocenters. The van der Waals surface area contributed by atoms with Gasteiger partial charge in [-0.05, 0) is 93.1 Å². The van der Waals surface area contributed by atoms with E-state index in [0.717, 1.165) is 61.9 Å². The van der Waals surface area contributed by atoms with E-state index in [0.29, 0.717) is 12.5 Å². The van der Waals surface area contributed by atoms with E-state index in [1.165, 1.54) is 18.4 Å². The van der Waals surface area contributed by atoms with Crippen molar-refractivity contribution in [1.29, 1.82) is 0 Å². The molecule has 0 bridgehead atoms. The number of nitrogens with zero attached hydrogens (tertiary/aromatic N) is 2. The van der Waals surface area contributed by atoms with Crippen LogP contribution in [-0.2, 0) is 17.6 Å². The zero-order valence-electron chi connectivity index (χ0n) is 21.3. The highest BCUT2D eigenvalue weighted by Crippen LogP contribution is 2.44. The third-order valence-corrected chi connectivity index (χ3v) is 6.51. The van der Waals surface area contributed by atoms with Crippen molar-refractivity contribution in [2.24, 2.45) is 0 Å². The topological polar surface area (TPSA) is 92.5 Å². The van der Waals surface area contributed by atoms with Crippen molar-refractivity contribution in [3.05, 3.63) is 65.0 Å². The van der Waals surface area contributed by atoms with Crippen LogP contribution >= 0.6 is 0 Å². The maximum atomic E-state index is 11.8. The van der Waals surface area contributed by atoms with Crippen molar-refractivity contribution in [1.82, 2.24) is 9.97 Å². The normalized spacial score (nSPS) is 14.8. The summed E-state index contributed by atoms with van der Waals surface area (Å²) in [6.07, 6.45) is 5.04. The SMILES string of the molecule is CC(C)(C)O.Cc1cc2nc(C3CC3)ccc2c(-c2ccc3c4c(ccnc24)CCO3)c1CC(=O)O. The molecule has 3 heterocycles. The molecule has 0 unspecified atom stereocenters. The van der Waals surface area contributed by atoms with Gasteiger partial charge in [-0.1, -0.05) is 6.07 Å². The van der Waals surface area contributed by atoms with E-state index in [2.05, 4.69) is 12.1 Å². The fourth-order valence-electron chi connectivity index (χ4n) is 4.86. The van der Waals surface area contributed by atoms with Crippen LogP contribution in [0.1, 0.15) is 61.9 Å². The number of rotatable bonds is 4. The molecule has 186 valence electrons. The van der Waals surface area contributed by atoms with Crippen molar-refractivity contribution in [3.8, 4) is 16.9 Å². The first-order valence-electron chi connectivity index (χ1n) is 12.5. The van der Waals surface area contributed by atoms with Gasteiger partial charge in [-0.15, -0.1) is 0 Å². The Hall–Kier alpha value is -3.51. The summed E-state index contributed by atoms with van der Waals surface area (Å²) >= 11 is 0. The predicted molar refractivity (Wildman–Crippen MR) is 142 cm³/mol. The highest BCUT2D eigenvalue weighted by Gasteiger charge is 2.26. The molecule has 0 spiro atoms. The lowest BCUT2D eigenvalue weighted by Crippen LogP contribution is -2.10. The minimum atomic E-state index is -0.842. The summed E-state index contributed by atoms with van der Waals surface area (Å²) in [6.45, 7) is 7.87. The van der Waals surface area contributed by atoms with Crippen molar-refractivity contribution in [2.75, 3.05) is 6.61 Å². The van der Waals surface area contributed by atoms with Crippen molar-refractivity contribution < 1.29 is 19.7 Å². The van der Waals surface area contributed by atoms with Gasteiger partial charge in [0.1, 0.15) is 5.75 Å². The molecule has 2 N–H and O–H groups in total. The lowest BCUT2D eigenvalue weighted by molar-refractivity contribution is -0.136. The van der Waals surface area contributed by atoms with Crippen molar-refractivity contribution in [2.45, 2.75) is 64.9 Å². The Bertz CT molecular complexity index is 1470. The highest BCUT2D eigenvalue weighted by molar-refractivity contribution is 6.07. The minimum absolute atomic E-state index is 0.0408. The maximum Gasteiger partial charge on any atom is 0.307 e. The summed E-state index contributed by atoms with van der Waals surface area (Å²) in [5.74, 6) is 0.565. The van der Waals surface area contributed by atoms with Crippen LogP contribution < -0.4 is 4.74 Å². The van der Waals surface area contributed by atoms with E-state index >= 15 is 0 Å². The second-order valence-electron chi connectivity index (χ2n) is 10.8. The van der Waals surface area contributed by atoms with E-state index in [9.17, 15) is 9.90 Å². The molecule has 0 amide bonds. The van der Waals surface area contributed by atoms with Gasteiger partial charge in [0.05, 0.1) is 29.7 Å². The van der Waals surface area contributed by atoms with E-state index in [1.54, 1.807) is 20.8 Å². The molecular formula is C30H32N2O4. The molecule has 1 fully saturated rings. The van der Waals surface area contributed by atoms with Crippen LogP contribution in [0.5, 0.6) is 5.75 Å². The first-order valence-corrected chi connectivity index (χ1v) is 12.5. The molecule has 4 aromatic rings. The molecule has 6 heteroatoms. The summed E-state index contributed by atoms with van der Waals surface area (Å²) in [5, 5.41) is 20.2. The number of carboxylic acids is 1. The van der Waals surface area contributed by atoms with Gasteiger partial charge in [0.15, 0.2) is 0 Å². The number of pyridine rings is 2. The summed E-state index contributed by atoms with van der Waals surface area (Å²) in [6, 6.07) is 12.3. The number of hydrogen-bond donors (Lipinski definition) is 2. The number of aliphatic hydroxyl groups is 1. The number of hydrogen-bond acceptors (Lipinski definition) is 5. The van der Waals surface area contributed by atoms with Gasteiger partial charge in [-0.3, -0.25) is 14.8 Å². The van der Waals surface area contributed by atoms with Crippen LogP contribution in [-0.4, -0.2) is 38.4 Å². The van der Waals surface area contributed by atoms with Crippen LogP contribution in [0.15, 0.2) is 42.6 Å². The second kappa shape index (κ2) is 9.17. The number of aliphatic carboxylic acids is 1. The molecule has 1 aliphatic carbocycles. The van der Waals surface area contributed by atoms with Gasteiger partial charge in [0.2, 0.25) is 0 Å². The standard InChI is InChI=1S/C26H22N2O3.C4H10O/c1-14-12-21-17(4-6-20(28-21)15-2-3-15)25(19(14)13-23(29)30)18-5-7-22-24-16(9-11-31-22)8-10-27-26(18)24;1-4(2,3)5/h4-8,10,12,15H,2-3,9,11,13H2,1H3,(H,29,30);5H,1-3H3. The third kappa shape index (κ3) is 4.91. The number of benzene rings is 2. The fraction of sp³-hybridized carbons (Fsp3) is 0.367. The summed E-state index contributed by atoms with van der Waals surface area (Å²) < 4.78 is 5.89. The molecule has 1 saturated carbocycles. The summed E-state index contributed by atoms with van der Waals surface area (Å²) in [7, 11) is 0. The molecule has 0 radical (unpaired) electrons. The number of fused-ring (bicyclic) bond motifs is 1. The van der Waals surface area contributed by atoms with Crippen LogP contribution in [0, 0.1) is 6.92 Å². The van der Waals surface area contributed by atoms with Crippen molar-refractivity contribution >= 4 is 27.8 Å². The quantitative estimate of drug-likeness (QED) is 0.370.